The summed E-state index contributed by atoms with van der Waals surface area (Å²) in [7, 11) is 0. The molecule has 0 fully saturated rings. The van der Waals surface area contributed by atoms with Crippen LogP contribution in [0.5, 0.6) is 0 Å². The van der Waals surface area contributed by atoms with Gasteiger partial charge in [-0.25, -0.2) is 5.43 Å². The van der Waals surface area contributed by atoms with Crippen molar-refractivity contribution in [2.75, 3.05) is 11.9 Å². The molecular formula is C14H15F3N4OS. The van der Waals surface area contributed by atoms with Crippen LogP contribution in [0.3, 0.4) is 0 Å². The monoisotopic (exact) mass is 344 g/mol. The summed E-state index contributed by atoms with van der Waals surface area (Å²) in [5.74, 6) is -0.364. The average Bonchev–Trinajstić information content (AvgIpc) is 2.88. The number of nitrogens with zero attached hydrogens (tertiary/aromatic N) is 1. The predicted molar refractivity (Wildman–Crippen MR) is 85.0 cm³/mol. The van der Waals surface area contributed by atoms with Crippen molar-refractivity contribution in [2.24, 2.45) is 11.0 Å². The van der Waals surface area contributed by atoms with E-state index in [4.69, 9.17) is 12.2 Å². The molecule has 0 radical (unpaired) electrons. The Morgan fingerprint density at radius 3 is 2.83 bits per heavy atom. The minimum Gasteiger partial charge on any atom is -0.362 e. The first-order chi connectivity index (χ1) is 10.9. The molecule has 23 heavy (non-hydrogen) atoms. The largest absolute Gasteiger partial charge is 0.416 e. The lowest BCUT2D eigenvalue weighted by atomic mass is 10.1. The van der Waals surface area contributed by atoms with Gasteiger partial charge in [0.15, 0.2) is 5.11 Å². The second kappa shape index (κ2) is 7.40. The summed E-state index contributed by atoms with van der Waals surface area (Å²) < 4.78 is 37.8. The minimum absolute atomic E-state index is 0.130. The summed E-state index contributed by atoms with van der Waals surface area (Å²) in [6.45, 7) is 0.502. The van der Waals surface area contributed by atoms with Crippen molar-refractivity contribution in [1.29, 1.82) is 0 Å². The van der Waals surface area contributed by atoms with E-state index in [2.05, 4.69) is 21.2 Å². The highest BCUT2D eigenvalue weighted by Crippen LogP contribution is 2.30. The van der Waals surface area contributed by atoms with Gasteiger partial charge >= 0.3 is 6.18 Å². The highest BCUT2D eigenvalue weighted by molar-refractivity contribution is 7.80. The lowest BCUT2D eigenvalue weighted by Gasteiger charge is -2.13. The second-order valence-corrected chi connectivity index (χ2v) is 5.37. The van der Waals surface area contributed by atoms with Gasteiger partial charge in [0.2, 0.25) is 5.91 Å². The van der Waals surface area contributed by atoms with Crippen LogP contribution in [0.1, 0.15) is 18.4 Å². The Labute approximate surface area is 136 Å². The van der Waals surface area contributed by atoms with Crippen LogP contribution in [0.2, 0.25) is 0 Å². The van der Waals surface area contributed by atoms with Gasteiger partial charge in [-0.05, 0) is 43.3 Å². The lowest BCUT2D eigenvalue weighted by Crippen LogP contribution is -2.30. The second-order valence-electron chi connectivity index (χ2n) is 4.96. The number of carbonyl (C=O) groups is 1. The summed E-state index contributed by atoms with van der Waals surface area (Å²) >= 11 is 5.03. The maximum atomic E-state index is 12.6. The molecule has 1 heterocycles. The van der Waals surface area contributed by atoms with Crippen LogP contribution in [0.15, 0.2) is 29.4 Å². The van der Waals surface area contributed by atoms with Crippen LogP contribution in [0, 0.1) is 5.92 Å². The Kier molecular flexibility index (Phi) is 5.54. The fourth-order valence-corrected chi connectivity index (χ4v) is 2.24. The maximum Gasteiger partial charge on any atom is 0.416 e. The van der Waals surface area contributed by atoms with Crippen LogP contribution in [-0.4, -0.2) is 23.8 Å². The summed E-state index contributed by atoms with van der Waals surface area (Å²) in [4.78, 5) is 11.3. The van der Waals surface area contributed by atoms with Crippen LogP contribution in [0.25, 0.3) is 0 Å². The molecular weight excluding hydrogens is 329 g/mol. The molecule has 124 valence electrons. The van der Waals surface area contributed by atoms with Gasteiger partial charge in [-0.15, -0.1) is 0 Å². The van der Waals surface area contributed by atoms with E-state index in [0.717, 1.165) is 12.1 Å². The molecule has 0 aliphatic carbocycles. The minimum atomic E-state index is -4.39. The van der Waals surface area contributed by atoms with Gasteiger partial charge in [-0.3, -0.25) is 4.79 Å². The molecule has 3 N–H and O–H groups in total. The molecule has 0 aromatic heterocycles. The number of rotatable bonds is 5. The van der Waals surface area contributed by atoms with Crippen LogP contribution >= 0.6 is 12.2 Å². The van der Waals surface area contributed by atoms with Crippen molar-refractivity contribution >= 4 is 35.1 Å². The molecule has 1 amide bonds. The standard InChI is InChI=1S/C14H15F3N4OS/c15-14(16,17)10-4-1-5-11(7-10)20-13(23)18-6-2-3-9-8-19-21-12(9)22/h1,4-5,7-9H,2-3,6H2,(H,21,22)(H2,18,20,23)/t9-/m1/s1. The van der Waals surface area contributed by atoms with E-state index >= 15 is 0 Å². The Bertz CT molecular complexity index is 618. The maximum absolute atomic E-state index is 12.6. The molecule has 0 unspecified atom stereocenters. The molecule has 5 nitrogen and oxygen atoms in total. The first-order valence-electron chi connectivity index (χ1n) is 6.91. The Balaban J connectivity index is 1.74. The smallest absolute Gasteiger partial charge is 0.362 e. The van der Waals surface area contributed by atoms with Crippen molar-refractivity contribution in [3.63, 3.8) is 0 Å². The van der Waals surface area contributed by atoms with Crippen LogP contribution < -0.4 is 16.1 Å². The predicted octanol–water partition coefficient (Wildman–Crippen LogP) is 2.50. The van der Waals surface area contributed by atoms with E-state index in [0.29, 0.717) is 19.4 Å². The Hall–Kier alpha value is -2.16. The van der Waals surface area contributed by atoms with E-state index in [1.807, 2.05) is 0 Å². The van der Waals surface area contributed by atoms with Crippen molar-refractivity contribution in [3.05, 3.63) is 29.8 Å². The summed E-state index contributed by atoms with van der Waals surface area (Å²) in [5.41, 5.74) is 1.87. The van der Waals surface area contributed by atoms with Crippen molar-refractivity contribution in [3.8, 4) is 0 Å². The molecule has 2 rings (SSSR count). The number of hydrogen-bond donors (Lipinski definition) is 3. The zero-order valence-corrected chi connectivity index (χ0v) is 12.8. The third-order valence-corrected chi connectivity index (χ3v) is 3.44. The van der Waals surface area contributed by atoms with Gasteiger partial charge in [-0.1, -0.05) is 6.07 Å². The van der Waals surface area contributed by atoms with Gasteiger partial charge in [0.25, 0.3) is 0 Å². The van der Waals surface area contributed by atoms with Crippen molar-refractivity contribution in [2.45, 2.75) is 19.0 Å². The first-order valence-corrected chi connectivity index (χ1v) is 7.32. The number of benzene rings is 1. The molecule has 0 saturated heterocycles. The fraction of sp³-hybridized carbons (Fsp3) is 0.357. The fourth-order valence-electron chi connectivity index (χ4n) is 2.02. The topological polar surface area (TPSA) is 65.5 Å². The number of amides is 1. The number of halogens is 3. The third-order valence-electron chi connectivity index (χ3n) is 3.19. The normalized spacial score (nSPS) is 17.0. The number of carbonyl (C=O) groups excluding carboxylic acids is 1. The van der Waals surface area contributed by atoms with Crippen molar-refractivity contribution in [1.82, 2.24) is 10.7 Å². The Morgan fingerprint density at radius 2 is 2.17 bits per heavy atom. The number of hydrazone groups is 1. The zero-order chi connectivity index (χ0) is 16.9. The quantitative estimate of drug-likeness (QED) is 0.567. The van der Waals surface area contributed by atoms with Crippen LogP contribution in [0.4, 0.5) is 18.9 Å². The number of hydrogen-bond acceptors (Lipinski definition) is 3. The molecule has 1 aromatic rings. The van der Waals surface area contributed by atoms with Crippen LogP contribution in [-0.2, 0) is 11.0 Å². The van der Waals surface area contributed by atoms with E-state index < -0.39 is 11.7 Å². The van der Waals surface area contributed by atoms with E-state index in [1.54, 1.807) is 6.21 Å². The Morgan fingerprint density at radius 1 is 1.39 bits per heavy atom. The molecule has 0 bridgehead atoms. The number of alkyl halides is 3. The van der Waals surface area contributed by atoms with Gasteiger partial charge in [0.1, 0.15) is 0 Å². The number of nitrogens with one attached hydrogen (secondary N) is 3. The lowest BCUT2D eigenvalue weighted by molar-refractivity contribution is -0.137. The molecule has 0 saturated carbocycles. The highest BCUT2D eigenvalue weighted by Gasteiger charge is 2.30. The van der Waals surface area contributed by atoms with E-state index in [1.165, 1.54) is 12.1 Å². The number of anilines is 1. The van der Waals surface area contributed by atoms with Gasteiger partial charge in [0, 0.05) is 18.4 Å². The van der Waals surface area contributed by atoms with E-state index in [9.17, 15) is 18.0 Å². The number of thiocarbonyl (C=S) groups is 1. The molecule has 9 heteroatoms. The molecule has 1 aliphatic rings. The van der Waals surface area contributed by atoms with Gasteiger partial charge in [0.05, 0.1) is 11.5 Å². The summed E-state index contributed by atoms with van der Waals surface area (Å²) in [6.07, 6.45) is -1.54. The summed E-state index contributed by atoms with van der Waals surface area (Å²) in [5, 5.41) is 9.50. The molecule has 1 aromatic carbocycles. The van der Waals surface area contributed by atoms with Crippen molar-refractivity contribution < 1.29 is 18.0 Å². The van der Waals surface area contributed by atoms with Gasteiger partial charge < -0.3 is 10.6 Å². The first kappa shape index (κ1) is 17.2. The third kappa shape index (κ3) is 5.20. The molecule has 1 atom stereocenters. The average molecular weight is 344 g/mol. The van der Waals surface area contributed by atoms with E-state index in [-0.39, 0.29) is 22.6 Å². The summed E-state index contributed by atoms with van der Waals surface area (Å²) in [6, 6.07) is 4.80. The SMILES string of the molecule is O=C1NN=C[C@H]1CCCNC(=S)Nc1cccc(C(F)(F)F)c1. The highest BCUT2D eigenvalue weighted by atomic mass is 32.1. The van der Waals surface area contributed by atoms with Gasteiger partial charge in [-0.2, -0.15) is 18.3 Å². The molecule has 1 aliphatic heterocycles. The molecule has 0 spiro atoms. The zero-order valence-electron chi connectivity index (χ0n) is 12.0.